The van der Waals surface area contributed by atoms with E-state index in [4.69, 9.17) is 4.74 Å². The fourth-order valence-electron chi connectivity index (χ4n) is 2.03. The largest absolute Gasteiger partial charge is 0.491 e. The van der Waals surface area contributed by atoms with Crippen LogP contribution >= 0.6 is 0 Å². The summed E-state index contributed by atoms with van der Waals surface area (Å²) in [5.41, 5.74) is 1.62. The van der Waals surface area contributed by atoms with Crippen molar-refractivity contribution in [1.29, 1.82) is 0 Å². The number of rotatable bonds is 4. The second-order valence-electron chi connectivity index (χ2n) is 4.35. The number of amides is 1. The first-order valence-electron chi connectivity index (χ1n) is 6.04. The van der Waals surface area contributed by atoms with Crippen LogP contribution in [0.25, 0.3) is 0 Å². The monoisotopic (exact) mass is 246 g/mol. The summed E-state index contributed by atoms with van der Waals surface area (Å²) >= 11 is 0. The van der Waals surface area contributed by atoms with Gasteiger partial charge in [-0.1, -0.05) is 18.7 Å². The maximum atomic E-state index is 12.4. The first-order valence-corrected chi connectivity index (χ1v) is 6.04. The molecule has 0 fully saturated rings. The molecule has 96 valence electrons. The lowest BCUT2D eigenvalue weighted by Crippen LogP contribution is -2.35. The van der Waals surface area contributed by atoms with Gasteiger partial charge < -0.3 is 15.0 Å². The van der Waals surface area contributed by atoms with E-state index in [-0.39, 0.29) is 5.91 Å². The quantitative estimate of drug-likeness (QED) is 0.814. The molecular weight excluding hydrogens is 228 g/mol. The summed E-state index contributed by atoms with van der Waals surface area (Å²) in [5.74, 6) is 0.685. The van der Waals surface area contributed by atoms with Crippen LogP contribution in [0, 0.1) is 0 Å². The molecule has 0 saturated carbocycles. The van der Waals surface area contributed by atoms with E-state index in [0.717, 1.165) is 5.57 Å². The summed E-state index contributed by atoms with van der Waals surface area (Å²) < 4.78 is 5.58. The van der Waals surface area contributed by atoms with Crippen molar-refractivity contribution in [2.75, 3.05) is 33.3 Å². The van der Waals surface area contributed by atoms with Gasteiger partial charge in [0.15, 0.2) is 0 Å². The van der Waals surface area contributed by atoms with Crippen molar-refractivity contribution >= 4 is 5.91 Å². The van der Waals surface area contributed by atoms with Crippen LogP contribution in [0.5, 0.6) is 5.75 Å². The van der Waals surface area contributed by atoms with Crippen molar-refractivity contribution in [3.05, 3.63) is 42.0 Å². The second kappa shape index (κ2) is 5.69. The lowest BCUT2D eigenvalue weighted by Gasteiger charge is -2.21. The molecule has 1 heterocycles. The summed E-state index contributed by atoms with van der Waals surface area (Å²) in [6, 6.07) is 7.36. The molecule has 1 aromatic carbocycles. The van der Waals surface area contributed by atoms with Crippen molar-refractivity contribution < 1.29 is 9.53 Å². The zero-order valence-electron chi connectivity index (χ0n) is 10.6. The number of nitrogens with one attached hydrogen (secondary N) is 1. The van der Waals surface area contributed by atoms with Crippen LogP contribution in [0.3, 0.4) is 0 Å². The normalized spacial score (nSPS) is 14.7. The molecule has 4 nitrogen and oxygen atoms in total. The first kappa shape index (κ1) is 12.6. The van der Waals surface area contributed by atoms with E-state index in [1.807, 2.05) is 25.2 Å². The molecule has 1 aliphatic heterocycles. The Morgan fingerprint density at radius 3 is 3.06 bits per heavy atom. The second-order valence-corrected chi connectivity index (χ2v) is 4.35. The van der Waals surface area contributed by atoms with E-state index in [2.05, 4.69) is 11.9 Å². The van der Waals surface area contributed by atoms with Crippen LogP contribution in [-0.4, -0.2) is 44.1 Å². The number of benzene rings is 1. The lowest BCUT2D eigenvalue weighted by molar-refractivity contribution is 0.0770. The number of carbonyl (C=O) groups excluding carboxylic acids is 1. The molecule has 0 spiro atoms. The lowest BCUT2D eigenvalue weighted by atomic mass is 10.1. The van der Waals surface area contributed by atoms with E-state index in [0.29, 0.717) is 37.6 Å². The summed E-state index contributed by atoms with van der Waals surface area (Å²) in [4.78, 5) is 14.1. The molecule has 2 rings (SSSR count). The number of hydrogen-bond donors (Lipinski definition) is 1. The number of likely N-dealkylation sites (N-methyl/N-ethyl adjacent to an activating group) is 1. The summed E-state index contributed by atoms with van der Waals surface area (Å²) in [6.45, 7) is 6.36. The van der Waals surface area contributed by atoms with Gasteiger partial charge in [0.05, 0.1) is 12.1 Å². The Hall–Kier alpha value is -1.81. The van der Waals surface area contributed by atoms with E-state index in [1.54, 1.807) is 11.0 Å². The number of fused-ring (bicyclic) bond motifs is 1. The van der Waals surface area contributed by atoms with Crippen molar-refractivity contribution in [1.82, 2.24) is 10.2 Å². The van der Waals surface area contributed by atoms with Crippen LogP contribution in [0.15, 0.2) is 36.4 Å². The minimum atomic E-state index is 0.0142. The van der Waals surface area contributed by atoms with Crippen molar-refractivity contribution in [3.8, 4) is 5.75 Å². The Morgan fingerprint density at radius 2 is 2.28 bits per heavy atom. The van der Waals surface area contributed by atoms with Crippen LogP contribution in [0.4, 0.5) is 0 Å². The molecule has 0 aromatic heterocycles. The molecule has 0 aliphatic carbocycles. The Bertz CT molecular complexity index is 457. The minimum absolute atomic E-state index is 0.0142. The van der Waals surface area contributed by atoms with Crippen molar-refractivity contribution in [3.63, 3.8) is 0 Å². The van der Waals surface area contributed by atoms with Crippen molar-refractivity contribution in [2.24, 2.45) is 0 Å². The van der Waals surface area contributed by atoms with Gasteiger partial charge >= 0.3 is 0 Å². The number of carbonyl (C=O) groups is 1. The molecule has 1 aromatic rings. The highest BCUT2D eigenvalue weighted by molar-refractivity contribution is 5.97. The fourth-order valence-corrected chi connectivity index (χ4v) is 2.03. The molecule has 1 amide bonds. The van der Waals surface area contributed by atoms with Gasteiger partial charge in [-0.3, -0.25) is 4.79 Å². The van der Waals surface area contributed by atoms with Gasteiger partial charge in [0.2, 0.25) is 0 Å². The summed E-state index contributed by atoms with van der Waals surface area (Å²) in [6.07, 6.45) is 0. The highest BCUT2D eigenvalue weighted by atomic mass is 16.5. The van der Waals surface area contributed by atoms with E-state index >= 15 is 0 Å². The van der Waals surface area contributed by atoms with Gasteiger partial charge in [0.25, 0.3) is 5.91 Å². The number of hydrogen-bond acceptors (Lipinski definition) is 3. The predicted octanol–water partition coefficient (Wildman–Crippen LogP) is 1.30. The standard InChI is InChI=1S/C14H18N2O2/c1-11(9-15-2)10-16-7-8-18-13-6-4-3-5-12(13)14(16)17/h3-6,15H,1,7-10H2,2H3. The minimum Gasteiger partial charge on any atom is -0.491 e. The maximum absolute atomic E-state index is 12.4. The number of para-hydroxylation sites is 1. The molecule has 0 bridgehead atoms. The Kier molecular flexibility index (Phi) is 3.99. The smallest absolute Gasteiger partial charge is 0.258 e. The van der Waals surface area contributed by atoms with Gasteiger partial charge in [-0.05, 0) is 24.8 Å². The summed E-state index contributed by atoms with van der Waals surface area (Å²) in [5, 5.41) is 3.04. The van der Waals surface area contributed by atoms with E-state index in [9.17, 15) is 4.79 Å². The third kappa shape index (κ3) is 2.71. The van der Waals surface area contributed by atoms with Crippen molar-refractivity contribution in [2.45, 2.75) is 0 Å². The zero-order valence-corrected chi connectivity index (χ0v) is 10.6. The third-order valence-corrected chi connectivity index (χ3v) is 2.86. The van der Waals surface area contributed by atoms with E-state index in [1.165, 1.54) is 0 Å². The highest BCUT2D eigenvalue weighted by Gasteiger charge is 2.23. The SMILES string of the molecule is C=C(CNC)CN1CCOc2ccccc2C1=O. The van der Waals surface area contributed by atoms with Crippen LogP contribution in [0.2, 0.25) is 0 Å². The molecule has 4 heteroatoms. The van der Waals surface area contributed by atoms with Gasteiger partial charge in [0, 0.05) is 13.1 Å². The average Bonchev–Trinajstić information content (AvgIpc) is 2.51. The molecule has 18 heavy (non-hydrogen) atoms. The molecule has 1 N–H and O–H groups in total. The Balaban J connectivity index is 2.15. The third-order valence-electron chi connectivity index (χ3n) is 2.86. The molecule has 0 radical (unpaired) electrons. The highest BCUT2D eigenvalue weighted by Crippen LogP contribution is 2.22. The molecule has 0 unspecified atom stereocenters. The van der Waals surface area contributed by atoms with Gasteiger partial charge in [0.1, 0.15) is 12.4 Å². The van der Waals surface area contributed by atoms with Gasteiger partial charge in [-0.2, -0.15) is 0 Å². The summed E-state index contributed by atoms with van der Waals surface area (Å²) in [7, 11) is 1.87. The Labute approximate surface area is 107 Å². The van der Waals surface area contributed by atoms with Gasteiger partial charge in [-0.15, -0.1) is 0 Å². The first-order chi connectivity index (χ1) is 8.72. The molecule has 1 aliphatic rings. The Morgan fingerprint density at radius 1 is 1.50 bits per heavy atom. The molecular formula is C14H18N2O2. The molecule has 0 atom stereocenters. The van der Waals surface area contributed by atoms with Crippen LogP contribution in [-0.2, 0) is 0 Å². The number of ether oxygens (including phenoxy) is 1. The van der Waals surface area contributed by atoms with Gasteiger partial charge in [-0.25, -0.2) is 0 Å². The average molecular weight is 246 g/mol. The predicted molar refractivity (Wildman–Crippen MR) is 70.9 cm³/mol. The number of nitrogens with zero attached hydrogens (tertiary/aromatic N) is 1. The topological polar surface area (TPSA) is 41.6 Å². The fraction of sp³-hybridized carbons (Fsp3) is 0.357. The van der Waals surface area contributed by atoms with Crippen LogP contribution in [0.1, 0.15) is 10.4 Å². The maximum Gasteiger partial charge on any atom is 0.258 e. The van der Waals surface area contributed by atoms with E-state index < -0.39 is 0 Å². The zero-order chi connectivity index (χ0) is 13.0. The van der Waals surface area contributed by atoms with Crippen LogP contribution < -0.4 is 10.1 Å². The molecule has 0 saturated heterocycles.